The molecule has 0 spiro atoms. The Hall–Kier alpha value is -1.53. The highest BCUT2D eigenvalue weighted by Crippen LogP contribution is 2.33. The van der Waals surface area contributed by atoms with Crippen LogP contribution in [0.25, 0.3) is 0 Å². The van der Waals surface area contributed by atoms with Crippen molar-refractivity contribution >= 4 is 0 Å². The van der Waals surface area contributed by atoms with Gasteiger partial charge in [-0.05, 0) is 57.5 Å². The Morgan fingerprint density at radius 3 is 2.33 bits per heavy atom. The molecule has 1 aliphatic rings. The summed E-state index contributed by atoms with van der Waals surface area (Å²) < 4.78 is 5.63. The second-order valence-corrected chi connectivity index (χ2v) is 5.13. The highest BCUT2D eigenvalue weighted by atomic mass is 16.5. The minimum absolute atomic E-state index is 0.180. The molecule has 96 valence electrons. The third-order valence-electron chi connectivity index (χ3n) is 3.45. The van der Waals surface area contributed by atoms with Crippen LogP contribution in [0.1, 0.15) is 32.3 Å². The number of ether oxygens (including phenoxy) is 1. The number of rotatable bonds is 3. The van der Waals surface area contributed by atoms with Crippen LogP contribution in [0.4, 0.5) is 0 Å². The fourth-order valence-corrected chi connectivity index (χ4v) is 2.44. The number of hydrogen-bond donors (Lipinski definition) is 1. The molecule has 1 aliphatic heterocycles. The summed E-state index contributed by atoms with van der Waals surface area (Å²) >= 11 is 0. The summed E-state index contributed by atoms with van der Waals surface area (Å²) in [6.07, 6.45) is 1.95. The van der Waals surface area contributed by atoms with Crippen molar-refractivity contribution in [2.24, 2.45) is 0 Å². The van der Waals surface area contributed by atoms with Crippen molar-refractivity contribution < 1.29 is 4.74 Å². The Balaban J connectivity index is 2.19. The third kappa shape index (κ3) is 2.65. The van der Waals surface area contributed by atoms with E-state index in [1.807, 2.05) is 38.1 Å². The van der Waals surface area contributed by atoms with E-state index in [9.17, 15) is 5.26 Å². The van der Waals surface area contributed by atoms with Crippen molar-refractivity contribution in [3.05, 3.63) is 29.8 Å². The molecule has 0 amide bonds. The van der Waals surface area contributed by atoms with Gasteiger partial charge in [-0.1, -0.05) is 12.1 Å². The highest BCUT2D eigenvalue weighted by molar-refractivity contribution is 5.37. The summed E-state index contributed by atoms with van der Waals surface area (Å²) in [5, 5.41) is 12.8. The molecule has 18 heavy (non-hydrogen) atoms. The Morgan fingerprint density at radius 1 is 1.22 bits per heavy atom. The number of piperidine rings is 1. The third-order valence-corrected chi connectivity index (χ3v) is 3.45. The summed E-state index contributed by atoms with van der Waals surface area (Å²) in [6.45, 7) is 5.85. The summed E-state index contributed by atoms with van der Waals surface area (Å²) in [5.41, 5.74) is 0.796. The van der Waals surface area contributed by atoms with Gasteiger partial charge in [-0.3, -0.25) is 0 Å². The fraction of sp³-hybridized carbons (Fsp3) is 0.533. The van der Waals surface area contributed by atoms with Gasteiger partial charge in [0.2, 0.25) is 0 Å². The molecule has 0 aliphatic carbocycles. The normalized spacial score (nSPS) is 18.3. The standard InChI is InChI=1S/C15H20N2O/c1-12(2)18-14-5-3-13(4-6-14)15(11-16)7-9-17-10-8-15/h3-6,12,17H,7-10H2,1-2H3. The van der Waals surface area contributed by atoms with Crippen LogP contribution >= 0.6 is 0 Å². The predicted molar refractivity (Wildman–Crippen MR) is 71.6 cm³/mol. The van der Waals surface area contributed by atoms with Gasteiger partial charge in [0.25, 0.3) is 0 Å². The number of hydrogen-bond acceptors (Lipinski definition) is 3. The van der Waals surface area contributed by atoms with Crippen LogP contribution in [-0.2, 0) is 5.41 Å². The lowest BCUT2D eigenvalue weighted by atomic mass is 9.74. The van der Waals surface area contributed by atoms with E-state index in [4.69, 9.17) is 4.74 Å². The van der Waals surface area contributed by atoms with Gasteiger partial charge in [0.1, 0.15) is 5.75 Å². The zero-order chi connectivity index (χ0) is 13.0. The molecule has 0 aromatic heterocycles. The molecule has 1 N–H and O–H groups in total. The zero-order valence-corrected chi connectivity index (χ0v) is 11.1. The molecule has 1 saturated heterocycles. The molecule has 0 unspecified atom stereocenters. The van der Waals surface area contributed by atoms with Crippen LogP contribution in [0.3, 0.4) is 0 Å². The van der Waals surface area contributed by atoms with E-state index in [-0.39, 0.29) is 11.5 Å². The fourth-order valence-electron chi connectivity index (χ4n) is 2.44. The van der Waals surface area contributed by atoms with Crippen molar-refractivity contribution in [3.63, 3.8) is 0 Å². The SMILES string of the molecule is CC(C)Oc1ccc(C2(C#N)CCNCC2)cc1. The monoisotopic (exact) mass is 244 g/mol. The maximum absolute atomic E-state index is 9.50. The molecular weight excluding hydrogens is 224 g/mol. The average Bonchev–Trinajstić information content (AvgIpc) is 2.39. The van der Waals surface area contributed by atoms with Crippen LogP contribution in [0.15, 0.2) is 24.3 Å². The lowest BCUT2D eigenvalue weighted by molar-refractivity contribution is 0.242. The summed E-state index contributed by atoms with van der Waals surface area (Å²) in [5.74, 6) is 0.871. The minimum atomic E-state index is -0.318. The summed E-state index contributed by atoms with van der Waals surface area (Å²) in [4.78, 5) is 0. The molecule has 0 atom stereocenters. The molecule has 1 heterocycles. The van der Waals surface area contributed by atoms with Gasteiger partial charge < -0.3 is 10.1 Å². The van der Waals surface area contributed by atoms with E-state index < -0.39 is 0 Å². The zero-order valence-electron chi connectivity index (χ0n) is 11.1. The van der Waals surface area contributed by atoms with Crippen molar-refractivity contribution in [2.75, 3.05) is 13.1 Å². The Bertz CT molecular complexity index is 425. The van der Waals surface area contributed by atoms with E-state index in [0.29, 0.717) is 0 Å². The van der Waals surface area contributed by atoms with Gasteiger partial charge in [0, 0.05) is 0 Å². The van der Waals surface area contributed by atoms with E-state index >= 15 is 0 Å². The molecule has 1 aromatic rings. The Labute approximate surface area is 109 Å². The summed E-state index contributed by atoms with van der Waals surface area (Å²) in [7, 11) is 0. The van der Waals surface area contributed by atoms with Gasteiger partial charge in [0.05, 0.1) is 17.6 Å². The van der Waals surface area contributed by atoms with Crippen molar-refractivity contribution in [3.8, 4) is 11.8 Å². The van der Waals surface area contributed by atoms with Crippen LogP contribution in [0.2, 0.25) is 0 Å². The largest absolute Gasteiger partial charge is 0.491 e. The molecule has 3 nitrogen and oxygen atoms in total. The molecule has 0 saturated carbocycles. The van der Waals surface area contributed by atoms with E-state index in [0.717, 1.165) is 37.2 Å². The molecule has 0 radical (unpaired) electrons. The van der Waals surface area contributed by atoms with Gasteiger partial charge in [0.15, 0.2) is 0 Å². The Kier molecular flexibility index (Phi) is 3.88. The first-order valence-electron chi connectivity index (χ1n) is 6.55. The topological polar surface area (TPSA) is 45.0 Å². The van der Waals surface area contributed by atoms with Gasteiger partial charge in [-0.15, -0.1) is 0 Å². The van der Waals surface area contributed by atoms with Crippen molar-refractivity contribution in [2.45, 2.75) is 38.2 Å². The van der Waals surface area contributed by atoms with Crippen LogP contribution in [0.5, 0.6) is 5.75 Å². The first kappa shape index (κ1) is 12.9. The second-order valence-electron chi connectivity index (χ2n) is 5.13. The van der Waals surface area contributed by atoms with E-state index in [1.54, 1.807) is 0 Å². The highest BCUT2D eigenvalue weighted by Gasteiger charge is 2.33. The second kappa shape index (κ2) is 5.41. The lowest BCUT2D eigenvalue weighted by Gasteiger charge is -2.31. The molecule has 0 bridgehead atoms. The average molecular weight is 244 g/mol. The van der Waals surface area contributed by atoms with Crippen molar-refractivity contribution in [1.82, 2.24) is 5.32 Å². The smallest absolute Gasteiger partial charge is 0.119 e. The summed E-state index contributed by atoms with van der Waals surface area (Å²) in [6, 6.07) is 10.5. The first-order chi connectivity index (χ1) is 8.66. The van der Waals surface area contributed by atoms with E-state index in [2.05, 4.69) is 11.4 Å². The maximum Gasteiger partial charge on any atom is 0.119 e. The Morgan fingerprint density at radius 2 is 1.83 bits per heavy atom. The lowest BCUT2D eigenvalue weighted by Crippen LogP contribution is -2.38. The predicted octanol–water partition coefficient (Wildman–Crippen LogP) is 2.62. The van der Waals surface area contributed by atoms with Crippen molar-refractivity contribution in [1.29, 1.82) is 5.26 Å². The van der Waals surface area contributed by atoms with Gasteiger partial charge in [-0.2, -0.15) is 5.26 Å². The minimum Gasteiger partial charge on any atom is -0.491 e. The molecular formula is C15H20N2O. The molecule has 2 rings (SSSR count). The first-order valence-corrected chi connectivity index (χ1v) is 6.55. The quantitative estimate of drug-likeness (QED) is 0.889. The number of nitrogens with one attached hydrogen (secondary N) is 1. The van der Waals surface area contributed by atoms with Crippen LogP contribution < -0.4 is 10.1 Å². The van der Waals surface area contributed by atoms with Crippen LogP contribution in [0, 0.1) is 11.3 Å². The van der Waals surface area contributed by atoms with E-state index in [1.165, 1.54) is 0 Å². The molecule has 3 heteroatoms. The maximum atomic E-state index is 9.50. The number of nitriles is 1. The van der Waals surface area contributed by atoms with Gasteiger partial charge in [-0.25, -0.2) is 0 Å². The van der Waals surface area contributed by atoms with Crippen LogP contribution in [-0.4, -0.2) is 19.2 Å². The molecule has 1 aromatic carbocycles. The number of benzene rings is 1. The van der Waals surface area contributed by atoms with Gasteiger partial charge >= 0.3 is 0 Å². The molecule has 1 fully saturated rings. The number of nitrogens with zero attached hydrogens (tertiary/aromatic N) is 1.